The Balaban J connectivity index is 1.54. The minimum absolute atomic E-state index is 0.0202. The molecule has 2 bridgehead atoms. The van der Waals surface area contributed by atoms with Crippen LogP contribution in [0.4, 0.5) is 0 Å². The maximum absolute atomic E-state index is 13.2. The third-order valence-electron chi connectivity index (χ3n) is 6.88. The molecule has 0 radical (unpaired) electrons. The summed E-state index contributed by atoms with van der Waals surface area (Å²) in [4.78, 5) is 25.7. The van der Waals surface area contributed by atoms with Crippen molar-refractivity contribution in [2.75, 3.05) is 6.54 Å². The van der Waals surface area contributed by atoms with E-state index in [2.05, 4.69) is 12.0 Å². The molecule has 25 heavy (non-hydrogen) atoms. The summed E-state index contributed by atoms with van der Waals surface area (Å²) >= 11 is 0. The molecule has 1 aromatic rings. The zero-order chi connectivity index (χ0) is 17.6. The molecule has 3 fully saturated rings. The Morgan fingerprint density at radius 2 is 1.88 bits per heavy atom. The number of hydrogen-bond donors (Lipinski definition) is 0. The smallest absolute Gasteiger partial charge is 0.255 e. The van der Waals surface area contributed by atoms with Gasteiger partial charge in [-0.3, -0.25) is 9.59 Å². The highest BCUT2D eigenvalue weighted by atomic mass is 16.2. The van der Waals surface area contributed by atoms with Gasteiger partial charge in [0.15, 0.2) is 5.78 Å². The van der Waals surface area contributed by atoms with E-state index in [0.29, 0.717) is 17.4 Å². The number of rotatable bonds is 4. The second-order valence-electron chi connectivity index (χ2n) is 8.16. The molecular weight excluding hydrogens is 312 g/mol. The van der Waals surface area contributed by atoms with Crippen molar-refractivity contribution in [3.8, 4) is 0 Å². The quantitative estimate of drug-likeness (QED) is 0.781. The van der Waals surface area contributed by atoms with Gasteiger partial charge in [0.2, 0.25) is 0 Å². The van der Waals surface area contributed by atoms with E-state index < -0.39 is 5.41 Å². The molecule has 0 saturated heterocycles. The molecule has 4 nitrogen and oxygen atoms in total. The fourth-order valence-electron chi connectivity index (χ4n) is 5.22. The summed E-state index contributed by atoms with van der Waals surface area (Å²) in [5.41, 5.74) is 0.991. The van der Waals surface area contributed by atoms with E-state index in [4.69, 9.17) is 0 Å². The SMILES string of the molecule is CC1=NN(CC(=O)c2ccccc2)C(=O)C1(C)[C@H]1CC2CCC1CC2. The van der Waals surface area contributed by atoms with Gasteiger partial charge in [0.1, 0.15) is 6.54 Å². The molecule has 1 amide bonds. The number of benzene rings is 1. The van der Waals surface area contributed by atoms with Gasteiger partial charge in [0.25, 0.3) is 5.91 Å². The largest absolute Gasteiger partial charge is 0.292 e. The fourth-order valence-corrected chi connectivity index (χ4v) is 5.22. The molecular formula is C21H26N2O2. The van der Waals surface area contributed by atoms with Gasteiger partial charge in [-0.05, 0) is 50.9 Å². The Morgan fingerprint density at radius 3 is 2.48 bits per heavy atom. The molecule has 1 aliphatic heterocycles. The highest BCUT2D eigenvalue weighted by Gasteiger charge is 2.55. The van der Waals surface area contributed by atoms with Crippen molar-refractivity contribution in [1.82, 2.24) is 5.01 Å². The molecule has 0 spiro atoms. The van der Waals surface area contributed by atoms with Gasteiger partial charge >= 0.3 is 0 Å². The van der Waals surface area contributed by atoms with E-state index in [1.165, 1.54) is 30.7 Å². The Morgan fingerprint density at radius 1 is 1.20 bits per heavy atom. The van der Waals surface area contributed by atoms with Crippen molar-refractivity contribution in [3.05, 3.63) is 35.9 Å². The topological polar surface area (TPSA) is 49.7 Å². The van der Waals surface area contributed by atoms with Crippen LogP contribution in [0.25, 0.3) is 0 Å². The second-order valence-corrected chi connectivity index (χ2v) is 8.16. The van der Waals surface area contributed by atoms with E-state index in [1.54, 1.807) is 12.1 Å². The van der Waals surface area contributed by atoms with E-state index in [1.807, 2.05) is 25.1 Å². The lowest BCUT2D eigenvalue weighted by Gasteiger charge is -2.48. The van der Waals surface area contributed by atoms with Crippen molar-refractivity contribution in [2.24, 2.45) is 28.3 Å². The molecule has 0 N–H and O–H groups in total. The highest BCUT2D eigenvalue weighted by molar-refractivity contribution is 6.12. The lowest BCUT2D eigenvalue weighted by molar-refractivity contribution is -0.140. The van der Waals surface area contributed by atoms with Gasteiger partial charge in [-0.2, -0.15) is 5.10 Å². The van der Waals surface area contributed by atoms with E-state index in [9.17, 15) is 9.59 Å². The number of ketones is 1. The van der Waals surface area contributed by atoms with Crippen LogP contribution in [0.1, 0.15) is 56.3 Å². The molecule has 3 aliphatic carbocycles. The number of amides is 1. The maximum Gasteiger partial charge on any atom is 0.255 e. The first kappa shape index (κ1) is 16.5. The van der Waals surface area contributed by atoms with Crippen LogP contribution in [0.5, 0.6) is 0 Å². The predicted octanol–water partition coefficient (Wildman–Crippen LogP) is 3.92. The fraction of sp³-hybridized carbons (Fsp3) is 0.571. The maximum atomic E-state index is 13.2. The molecule has 3 saturated carbocycles. The molecule has 1 aromatic carbocycles. The van der Waals surface area contributed by atoms with E-state index in [0.717, 1.165) is 18.1 Å². The summed E-state index contributed by atoms with van der Waals surface area (Å²) in [6.07, 6.45) is 6.26. The normalized spacial score (nSPS) is 34.3. The molecule has 2 atom stereocenters. The Bertz CT molecular complexity index is 719. The van der Waals surface area contributed by atoms with Crippen LogP contribution in [-0.4, -0.2) is 29.0 Å². The van der Waals surface area contributed by atoms with Crippen LogP contribution in [0, 0.1) is 23.2 Å². The summed E-state index contributed by atoms with van der Waals surface area (Å²) in [7, 11) is 0. The van der Waals surface area contributed by atoms with Gasteiger partial charge < -0.3 is 0 Å². The van der Waals surface area contributed by atoms with E-state index in [-0.39, 0.29) is 18.2 Å². The Kier molecular flexibility index (Phi) is 4.01. The van der Waals surface area contributed by atoms with E-state index >= 15 is 0 Å². The minimum Gasteiger partial charge on any atom is -0.292 e. The average Bonchev–Trinajstić information content (AvgIpc) is 2.88. The summed E-state index contributed by atoms with van der Waals surface area (Å²) in [5.74, 6) is 1.75. The molecule has 0 aromatic heterocycles. The first-order valence-electron chi connectivity index (χ1n) is 9.46. The molecule has 1 unspecified atom stereocenters. The molecule has 4 heteroatoms. The second kappa shape index (κ2) is 6.08. The standard InChI is InChI=1S/C21H26N2O2/c1-14-21(2,18-12-15-8-10-16(18)11-9-15)20(25)23(22-14)13-19(24)17-6-4-3-5-7-17/h3-7,15-16,18H,8-13H2,1-2H3/t15?,16?,18-,21?/m0/s1. The number of fused-ring (bicyclic) bond motifs is 3. The first-order valence-corrected chi connectivity index (χ1v) is 9.46. The van der Waals surface area contributed by atoms with Crippen molar-refractivity contribution in [3.63, 3.8) is 0 Å². The molecule has 132 valence electrons. The number of carbonyl (C=O) groups is 2. The first-order chi connectivity index (χ1) is 12.0. The van der Waals surface area contributed by atoms with Gasteiger partial charge in [0.05, 0.1) is 11.1 Å². The molecule has 1 heterocycles. The zero-order valence-corrected chi connectivity index (χ0v) is 15.1. The van der Waals surface area contributed by atoms with Crippen molar-refractivity contribution < 1.29 is 9.59 Å². The minimum atomic E-state index is -0.527. The van der Waals surface area contributed by atoms with Crippen molar-refractivity contribution in [2.45, 2.75) is 46.0 Å². The molecule has 4 aliphatic rings. The van der Waals surface area contributed by atoms with Gasteiger partial charge in [0, 0.05) is 5.56 Å². The summed E-state index contributed by atoms with van der Waals surface area (Å²) in [5, 5.41) is 5.95. The zero-order valence-electron chi connectivity index (χ0n) is 15.1. The van der Waals surface area contributed by atoms with Gasteiger partial charge in [-0.25, -0.2) is 5.01 Å². The number of nitrogens with zero attached hydrogens (tertiary/aromatic N) is 2. The van der Waals surface area contributed by atoms with Crippen LogP contribution in [0.3, 0.4) is 0 Å². The summed E-state index contributed by atoms with van der Waals surface area (Å²) in [6.45, 7) is 4.07. The number of Topliss-reactive ketones (excluding diaryl/α,β-unsaturated/α-hetero) is 1. The lowest BCUT2D eigenvalue weighted by atomic mass is 9.55. The summed E-state index contributed by atoms with van der Waals surface area (Å²) in [6, 6.07) is 9.15. The van der Waals surface area contributed by atoms with Crippen LogP contribution in [-0.2, 0) is 4.79 Å². The van der Waals surface area contributed by atoms with Crippen molar-refractivity contribution in [1.29, 1.82) is 0 Å². The Hall–Kier alpha value is -1.97. The summed E-state index contributed by atoms with van der Waals surface area (Å²) < 4.78 is 0. The highest BCUT2D eigenvalue weighted by Crippen LogP contribution is 2.54. The molecule has 5 rings (SSSR count). The Labute approximate surface area is 149 Å². The van der Waals surface area contributed by atoms with Crippen LogP contribution < -0.4 is 0 Å². The van der Waals surface area contributed by atoms with Gasteiger partial charge in [-0.15, -0.1) is 0 Å². The lowest BCUT2D eigenvalue weighted by Crippen LogP contribution is -2.49. The monoisotopic (exact) mass is 338 g/mol. The predicted molar refractivity (Wildman–Crippen MR) is 97.3 cm³/mol. The van der Waals surface area contributed by atoms with Crippen molar-refractivity contribution >= 4 is 17.4 Å². The third kappa shape index (κ3) is 2.62. The van der Waals surface area contributed by atoms with Gasteiger partial charge in [-0.1, -0.05) is 43.2 Å². The average molecular weight is 338 g/mol. The third-order valence-corrected chi connectivity index (χ3v) is 6.88. The number of hydrazone groups is 1. The number of carbonyl (C=O) groups excluding carboxylic acids is 2. The van der Waals surface area contributed by atoms with Crippen LogP contribution in [0.15, 0.2) is 35.4 Å². The number of hydrogen-bond acceptors (Lipinski definition) is 3. The van der Waals surface area contributed by atoms with Crippen LogP contribution in [0.2, 0.25) is 0 Å². The van der Waals surface area contributed by atoms with Crippen LogP contribution >= 0.6 is 0 Å².